The molecular weight excluding hydrogens is 196 g/mol. The summed E-state index contributed by atoms with van der Waals surface area (Å²) in [5.41, 5.74) is -1.36. The Labute approximate surface area is 89.6 Å². The zero-order valence-electron chi connectivity index (χ0n) is 9.45. The summed E-state index contributed by atoms with van der Waals surface area (Å²) in [6, 6.07) is 0. The van der Waals surface area contributed by atoms with Crippen LogP contribution in [0.5, 0.6) is 0 Å². The van der Waals surface area contributed by atoms with E-state index in [0.717, 1.165) is 0 Å². The van der Waals surface area contributed by atoms with Gasteiger partial charge in [-0.05, 0) is 26.7 Å². The molecule has 1 saturated carbocycles. The standard InChI is InChI=1S/C11H18O4/c1-4-7-8(10(13)15-5-2)6-11(3,14)9(7)12/h7-8,14H,4-6H2,1-3H3/t7-,8-,11-/m0/s1. The number of hydrogen-bond donors (Lipinski definition) is 1. The van der Waals surface area contributed by atoms with Gasteiger partial charge in [0, 0.05) is 5.92 Å². The van der Waals surface area contributed by atoms with Crippen molar-refractivity contribution in [2.75, 3.05) is 6.61 Å². The van der Waals surface area contributed by atoms with E-state index in [-0.39, 0.29) is 24.1 Å². The molecule has 0 aromatic carbocycles. The van der Waals surface area contributed by atoms with E-state index in [1.54, 1.807) is 6.92 Å². The number of hydrogen-bond acceptors (Lipinski definition) is 4. The Bertz CT molecular complexity index is 270. The molecule has 1 N–H and O–H groups in total. The molecule has 1 aliphatic carbocycles. The third kappa shape index (κ3) is 2.20. The number of Topliss-reactive ketones (excluding diaryl/α,β-unsaturated/α-hetero) is 1. The highest BCUT2D eigenvalue weighted by molar-refractivity contribution is 5.96. The van der Waals surface area contributed by atoms with Crippen molar-refractivity contribution in [1.82, 2.24) is 0 Å². The number of carbonyl (C=O) groups is 2. The summed E-state index contributed by atoms with van der Waals surface area (Å²) in [7, 11) is 0. The number of ether oxygens (including phenoxy) is 1. The van der Waals surface area contributed by atoms with Gasteiger partial charge in [0.1, 0.15) is 5.60 Å². The van der Waals surface area contributed by atoms with Gasteiger partial charge < -0.3 is 9.84 Å². The largest absolute Gasteiger partial charge is 0.466 e. The Morgan fingerprint density at radius 1 is 1.60 bits per heavy atom. The molecule has 1 rings (SSSR count). The zero-order chi connectivity index (χ0) is 11.6. The number of ketones is 1. The van der Waals surface area contributed by atoms with Crippen LogP contribution in [0.1, 0.15) is 33.6 Å². The molecule has 0 heterocycles. The molecule has 3 atom stereocenters. The Morgan fingerprint density at radius 3 is 2.67 bits per heavy atom. The highest BCUT2D eigenvalue weighted by Crippen LogP contribution is 2.38. The van der Waals surface area contributed by atoms with Crippen LogP contribution < -0.4 is 0 Å². The van der Waals surface area contributed by atoms with Crippen molar-refractivity contribution in [3.05, 3.63) is 0 Å². The maximum atomic E-state index is 11.7. The zero-order valence-corrected chi connectivity index (χ0v) is 9.45. The van der Waals surface area contributed by atoms with Crippen molar-refractivity contribution in [3.8, 4) is 0 Å². The van der Waals surface area contributed by atoms with E-state index in [1.807, 2.05) is 6.92 Å². The predicted molar refractivity (Wildman–Crippen MR) is 54.2 cm³/mol. The van der Waals surface area contributed by atoms with Crippen molar-refractivity contribution >= 4 is 11.8 Å². The molecule has 0 aromatic rings. The molecule has 0 aromatic heterocycles. The first-order valence-corrected chi connectivity index (χ1v) is 5.37. The summed E-state index contributed by atoms with van der Waals surface area (Å²) in [5.74, 6) is -1.46. The van der Waals surface area contributed by atoms with Gasteiger partial charge in [0.15, 0.2) is 5.78 Å². The molecule has 15 heavy (non-hydrogen) atoms. The van der Waals surface area contributed by atoms with E-state index < -0.39 is 11.5 Å². The van der Waals surface area contributed by atoms with Crippen LogP contribution in [-0.2, 0) is 14.3 Å². The smallest absolute Gasteiger partial charge is 0.309 e. The van der Waals surface area contributed by atoms with Crippen LogP contribution >= 0.6 is 0 Å². The molecule has 0 aliphatic heterocycles. The lowest BCUT2D eigenvalue weighted by Gasteiger charge is -2.13. The van der Waals surface area contributed by atoms with Crippen LogP contribution in [0.3, 0.4) is 0 Å². The fourth-order valence-electron chi connectivity index (χ4n) is 2.22. The van der Waals surface area contributed by atoms with Gasteiger partial charge in [0.25, 0.3) is 0 Å². The topological polar surface area (TPSA) is 63.6 Å². The molecule has 0 unspecified atom stereocenters. The normalized spacial score (nSPS) is 35.6. The highest BCUT2D eigenvalue weighted by Gasteiger charge is 2.51. The lowest BCUT2D eigenvalue weighted by atomic mass is 9.93. The van der Waals surface area contributed by atoms with Gasteiger partial charge in [-0.15, -0.1) is 0 Å². The molecule has 1 fully saturated rings. The summed E-state index contributed by atoms with van der Waals surface area (Å²) >= 11 is 0. The van der Waals surface area contributed by atoms with Gasteiger partial charge in [-0.2, -0.15) is 0 Å². The lowest BCUT2D eigenvalue weighted by molar-refractivity contribution is -0.150. The molecule has 4 heteroatoms. The summed E-state index contributed by atoms with van der Waals surface area (Å²) in [4.78, 5) is 23.3. The van der Waals surface area contributed by atoms with Crippen LogP contribution in [-0.4, -0.2) is 29.1 Å². The van der Waals surface area contributed by atoms with E-state index in [0.29, 0.717) is 13.0 Å². The lowest BCUT2D eigenvalue weighted by Crippen LogP contribution is -2.31. The van der Waals surface area contributed by atoms with Crippen molar-refractivity contribution in [2.24, 2.45) is 11.8 Å². The van der Waals surface area contributed by atoms with E-state index in [2.05, 4.69) is 0 Å². The van der Waals surface area contributed by atoms with Crippen molar-refractivity contribution in [3.63, 3.8) is 0 Å². The van der Waals surface area contributed by atoms with Gasteiger partial charge in [0.05, 0.1) is 12.5 Å². The molecule has 0 bridgehead atoms. The van der Waals surface area contributed by atoms with Gasteiger partial charge in [0.2, 0.25) is 0 Å². The van der Waals surface area contributed by atoms with E-state index >= 15 is 0 Å². The SMILES string of the molecule is CCOC(=O)[C@H]1C[C@](C)(O)C(=O)[C@H]1CC. The third-order valence-electron chi connectivity index (χ3n) is 3.00. The number of carbonyl (C=O) groups excluding carboxylic acids is 2. The Morgan fingerprint density at radius 2 is 2.20 bits per heavy atom. The third-order valence-corrected chi connectivity index (χ3v) is 3.00. The quantitative estimate of drug-likeness (QED) is 0.709. The van der Waals surface area contributed by atoms with Gasteiger partial charge in [-0.25, -0.2) is 0 Å². The average molecular weight is 214 g/mol. The average Bonchev–Trinajstić information content (AvgIpc) is 2.39. The van der Waals surface area contributed by atoms with Crippen LogP contribution in [0.25, 0.3) is 0 Å². The molecular formula is C11H18O4. The van der Waals surface area contributed by atoms with E-state index in [4.69, 9.17) is 4.74 Å². The van der Waals surface area contributed by atoms with Crippen LogP contribution in [0, 0.1) is 11.8 Å². The molecule has 86 valence electrons. The second-order valence-corrected chi connectivity index (χ2v) is 4.22. The first-order valence-electron chi connectivity index (χ1n) is 5.37. The number of aliphatic hydroxyl groups is 1. The predicted octanol–water partition coefficient (Wildman–Crippen LogP) is 0.916. The molecule has 0 amide bonds. The molecule has 0 radical (unpaired) electrons. The second-order valence-electron chi connectivity index (χ2n) is 4.22. The fraction of sp³-hybridized carbons (Fsp3) is 0.818. The second kappa shape index (κ2) is 4.31. The summed E-state index contributed by atoms with van der Waals surface area (Å²) < 4.78 is 4.90. The van der Waals surface area contributed by atoms with Crippen LogP contribution in [0.4, 0.5) is 0 Å². The Kier molecular flexibility index (Phi) is 3.50. The number of esters is 1. The fourth-order valence-corrected chi connectivity index (χ4v) is 2.22. The minimum absolute atomic E-state index is 0.184. The Balaban J connectivity index is 2.82. The minimum Gasteiger partial charge on any atom is -0.466 e. The monoisotopic (exact) mass is 214 g/mol. The maximum absolute atomic E-state index is 11.7. The number of rotatable bonds is 3. The maximum Gasteiger partial charge on any atom is 0.309 e. The van der Waals surface area contributed by atoms with E-state index in [1.165, 1.54) is 6.92 Å². The summed E-state index contributed by atoms with van der Waals surface area (Å²) in [6.07, 6.45) is 0.752. The minimum atomic E-state index is -1.36. The van der Waals surface area contributed by atoms with Crippen LogP contribution in [0.2, 0.25) is 0 Å². The molecule has 0 spiro atoms. The van der Waals surface area contributed by atoms with Gasteiger partial charge in [-0.1, -0.05) is 6.92 Å². The Hall–Kier alpha value is -0.900. The van der Waals surface area contributed by atoms with Crippen molar-refractivity contribution < 1.29 is 19.4 Å². The van der Waals surface area contributed by atoms with Gasteiger partial charge >= 0.3 is 5.97 Å². The summed E-state index contributed by atoms with van der Waals surface area (Å²) in [6.45, 7) is 5.35. The first-order chi connectivity index (χ1) is 6.94. The van der Waals surface area contributed by atoms with E-state index in [9.17, 15) is 14.7 Å². The first kappa shape index (κ1) is 12.2. The molecule has 4 nitrogen and oxygen atoms in total. The molecule has 0 saturated heterocycles. The van der Waals surface area contributed by atoms with Crippen molar-refractivity contribution in [1.29, 1.82) is 0 Å². The molecule has 1 aliphatic rings. The van der Waals surface area contributed by atoms with Crippen molar-refractivity contribution in [2.45, 2.75) is 39.2 Å². The highest BCUT2D eigenvalue weighted by atomic mass is 16.5. The summed E-state index contributed by atoms with van der Waals surface area (Å²) in [5, 5.41) is 9.79. The van der Waals surface area contributed by atoms with Crippen LogP contribution in [0.15, 0.2) is 0 Å². The van der Waals surface area contributed by atoms with Gasteiger partial charge in [-0.3, -0.25) is 9.59 Å².